The Kier molecular flexibility index (Phi) is 3.47. The smallest absolute Gasteiger partial charge is 0.295 e. The molecule has 0 heterocycles. The SMILES string of the molecule is CCN(CC)C1=CCC(=[N+]=[N-])C=C1. The Balaban J connectivity index is 2.71. The molecule has 0 aromatic heterocycles. The van der Waals surface area contributed by atoms with Gasteiger partial charge in [-0.3, -0.25) is 0 Å². The van der Waals surface area contributed by atoms with Crippen molar-refractivity contribution >= 4 is 5.71 Å². The van der Waals surface area contributed by atoms with Crippen LogP contribution in [0.1, 0.15) is 20.3 Å². The lowest BCUT2D eigenvalue weighted by Gasteiger charge is -2.22. The molecule has 0 N–H and O–H groups in total. The fourth-order valence-corrected chi connectivity index (χ4v) is 1.42. The summed E-state index contributed by atoms with van der Waals surface area (Å²) in [5.41, 5.74) is 10.5. The van der Waals surface area contributed by atoms with Crippen LogP contribution < -0.4 is 0 Å². The lowest BCUT2D eigenvalue weighted by Crippen LogP contribution is -2.22. The lowest BCUT2D eigenvalue weighted by atomic mass is 10.1. The van der Waals surface area contributed by atoms with E-state index in [9.17, 15) is 0 Å². The molecule has 1 aliphatic rings. The summed E-state index contributed by atoms with van der Waals surface area (Å²) in [6.07, 6.45) is 6.65. The van der Waals surface area contributed by atoms with Crippen LogP contribution in [0.15, 0.2) is 23.9 Å². The number of allylic oxidation sites excluding steroid dienone is 3. The summed E-state index contributed by atoms with van der Waals surface area (Å²) < 4.78 is 0. The molecule has 3 nitrogen and oxygen atoms in total. The van der Waals surface area contributed by atoms with Crippen molar-refractivity contribution in [2.75, 3.05) is 13.1 Å². The normalized spacial score (nSPS) is 15.2. The van der Waals surface area contributed by atoms with Crippen LogP contribution in [-0.2, 0) is 0 Å². The first-order valence-corrected chi connectivity index (χ1v) is 4.66. The largest absolute Gasteiger partial charge is 0.372 e. The van der Waals surface area contributed by atoms with E-state index in [1.54, 1.807) is 0 Å². The first kappa shape index (κ1) is 9.75. The average molecular weight is 177 g/mol. The molecule has 0 unspecified atom stereocenters. The maximum atomic E-state index is 8.52. The van der Waals surface area contributed by atoms with E-state index in [4.69, 9.17) is 5.53 Å². The van der Waals surface area contributed by atoms with Crippen molar-refractivity contribution in [1.29, 1.82) is 0 Å². The third-order valence-electron chi connectivity index (χ3n) is 2.22. The summed E-state index contributed by atoms with van der Waals surface area (Å²) in [6, 6.07) is 0. The highest BCUT2D eigenvalue weighted by atomic mass is 15.1. The Labute approximate surface area is 79.0 Å². The molecule has 0 radical (unpaired) electrons. The highest BCUT2D eigenvalue weighted by molar-refractivity contribution is 5.92. The maximum Gasteiger partial charge on any atom is 0.295 e. The van der Waals surface area contributed by atoms with E-state index in [1.807, 2.05) is 12.2 Å². The summed E-state index contributed by atoms with van der Waals surface area (Å²) in [4.78, 5) is 5.43. The molecule has 3 heteroatoms. The molecule has 0 aromatic rings. The molecule has 0 aliphatic heterocycles. The predicted molar refractivity (Wildman–Crippen MR) is 53.4 cm³/mol. The van der Waals surface area contributed by atoms with E-state index in [0.717, 1.165) is 25.2 Å². The van der Waals surface area contributed by atoms with E-state index >= 15 is 0 Å². The Morgan fingerprint density at radius 2 is 2.08 bits per heavy atom. The highest BCUT2D eigenvalue weighted by Gasteiger charge is 2.10. The van der Waals surface area contributed by atoms with Crippen LogP contribution in [0.25, 0.3) is 5.53 Å². The minimum Gasteiger partial charge on any atom is -0.372 e. The number of hydrogen-bond donors (Lipinski definition) is 0. The summed E-state index contributed by atoms with van der Waals surface area (Å²) in [5.74, 6) is 0. The van der Waals surface area contributed by atoms with Gasteiger partial charge in [-0.25, -0.2) is 0 Å². The fraction of sp³-hybridized carbons (Fsp3) is 0.500. The van der Waals surface area contributed by atoms with Crippen molar-refractivity contribution in [3.05, 3.63) is 29.5 Å². The lowest BCUT2D eigenvalue weighted by molar-refractivity contribution is -0.00547. The van der Waals surface area contributed by atoms with Gasteiger partial charge >= 0.3 is 0 Å². The van der Waals surface area contributed by atoms with E-state index in [2.05, 4.69) is 29.6 Å². The van der Waals surface area contributed by atoms with E-state index in [0.29, 0.717) is 0 Å². The number of likely N-dealkylation sites (N-methyl/N-ethyl adjacent to an activating group) is 1. The molecule has 0 aromatic carbocycles. The second kappa shape index (κ2) is 4.63. The van der Waals surface area contributed by atoms with Crippen LogP contribution in [0.4, 0.5) is 0 Å². The van der Waals surface area contributed by atoms with Crippen LogP contribution in [0.2, 0.25) is 0 Å². The first-order valence-electron chi connectivity index (χ1n) is 4.66. The minimum atomic E-state index is 0.718. The first-order chi connectivity index (χ1) is 6.31. The quantitative estimate of drug-likeness (QED) is 0.479. The van der Waals surface area contributed by atoms with Crippen LogP contribution in [0.3, 0.4) is 0 Å². The zero-order valence-electron chi connectivity index (χ0n) is 8.20. The van der Waals surface area contributed by atoms with Crippen molar-refractivity contribution in [3.8, 4) is 0 Å². The third kappa shape index (κ3) is 2.30. The minimum absolute atomic E-state index is 0.718. The van der Waals surface area contributed by atoms with Gasteiger partial charge in [0.25, 0.3) is 5.71 Å². The standard InChI is InChI=1S/C10H15N3/c1-3-13(4-2)10-7-5-9(12-11)6-8-10/h5,7-8H,3-4,6H2,1-2H3. The second-order valence-corrected chi connectivity index (χ2v) is 2.93. The van der Waals surface area contributed by atoms with Gasteiger partial charge in [0.05, 0.1) is 6.42 Å². The van der Waals surface area contributed by atoms with Crippen molar-refractivity contribution in [1.82, 2.24) is 4.90 Å². The van der Waals surface area contributed by atoms with Gasteiger partial charge < -0.3 is 10.4 Å². The topological polar surface area (TPSA) is 39.6 Å². The van der Waals surface area contributed by atoms with Gasteiger partial charge in [-0.2, -0.15) is 4.79 Å². The van der Waals surface area contributed by atoms with E-state index in [1.165, 1.54) is 5.70 Å². The van der Waals surface area contributed by atoms with Gasteiger partial charge in [-0.1, -0.05) is 0 Å². The van der Waals surface area contributed by atoms with E-state index in [-0.39, 0.29) is 0 Å². The van der Waals surface area contributed by atoms with Gasteiger partial charge in [-0.05, 0) is 26.0 Å². The van der Waals surface area contributed by atoms with E-state index < -0.39 is 0 Å². The summed E-state index contributed by atoms with van der Waals surface area (Å²) in [5, 5.41) is 0. The Morgan fingerprint density at radius 3 is 2.46 bits per heavy atom. The number of rotatable bonds is 3. The molecular formula is C10H15N3. The molecule has 13 heavy (non-hydrogen) atoms. The summed E-state index contributed by atoms with van der Waals surface area (Å²) in [7, 11) is 0. The van der Waals surface area contributed by atoms with Crippen molar-refractivity contribution in [3.63, 3.8) is 0 Å². The zero-order chi connectivity index (χ0) is 9.68. The monoisotopic (exact) mass is 177 g/mol. The number of nitrogens with zero attached hydrogens (tertiary/aromatic N) is 3. The molecule has 70 valence electrons. The van der Waals surface area contributed by atoms with Gasteiger partial charge in [0.1, 0.15) is 0 Å². The van der Waals surface area contributed by atoms with Crippen molar-refractivity contribution < 1.29 is 4.79 Å². The molecule has 1 rings (SSSR count). The maximum absolute atomic E-state index is 8.52. The predicted octanol–water partition coefficient (Wildman–Crippen LogP) is 1.84. The Bertz CT molecular complexity index is 279. The van der Waals surface area contributed by atoms with Crippen molar-refractivity contribution in [2.45, 2.75) is 20.3 Å². The van der Waals surface area contributed by atoms with Crippen LogP contribution in [-0.4, -0.2) is 28.5 Å². The Morgan fingerprint density at radius 1 is 1.38 bits per heavy atom. The summed E-state index contributed by atoms with van der Waals surface area (Å²) in [6.45, 7) is 6.29. The van der Waals surface area contributed by atoms with Crippen LogP contribution in [0.5, 0.6) is 0 Å². The van der Waals surface area contributed by atoms with Crippen LogP contribution >= 0.6 is 0 Å². The number of hydrogen-bond acceptors (Lipinski definition) is 1. The second-order valence-electron chi connectivity index (χ2n) is 2.93. The Hall–Kier alpha value is -1.34. The third-order valence-corrected chi connectivity index (χ3v) is 2.22. The molecule has 0 fully saturated rings. The zero-order valence-corrected chi connectivity index (χ0v) is 8.20. The molecule has 1 aliphatic carbocycles. The molecule has 0 spiro atoms. The van der Waals surface area contributed by atoms with Gasteiger partial charge in [0, 0.05) is 24.9 Å². The summed E-state index contributed by atoms with van der Waals surface area (Å²) >= 11 is 0. The van der Waals surface area contributed by atoms with Gasteiger partial charge in [0.2, 0.25) is 0 Å². The average Bonchev–Trinajstić information content (AvgIpc) is 2.21. The van der Waals surface area contributed by atoms with Crippen molar-refractivity contribution in [2.24, 2.45) is 0 Å². The molecule has 0 atom stereocenters. The molecule has 0 bridgehead atoms. The molecule has 0 saturated carbocycles. The fourth-order valence-electron chi connectivity index (χ4n) is 1.42. The molecule has 0 amide bonds. The molecular weight excluding hydrogens is 162 g/mol. The molecule has 0 saturated heterocycles. The van der Waals surface area contributed by atoms with Gasteiger partial charge in [-0.15, -0.1) is 0 Å². The van der Waals surface area contributed by atoms with Crippen LogP contribution in [0, 0.1) is 0 Å². The highest BCUT2D eigenvalue weighted by Crippen LogP contribution is 2.11. The van der Waals surface area contributed by atoms with Gasteiger partial charge in [0.15, 0.2) is 0 Å².